The van der Waals surface area contributed by atoms with Gasteiger partial charge in [0.2, 0.25) is 15.8 Å². The Kier molecular flexibility index (Phi) is 4.93. The lowest BCUT2D eigenvalue weighted by Crippen LogP contribution is -2.42. The summed E-state index contributed by atoms with van der Waals surface area (Å²) in [5, 5.41) is 0. The Morgan fingerprint density at radius 2 is 2.05 bits per heavy atom. The van der Waals surface area contributed by atoms with Crippen LogP contribution in [0.4, 0.5) is 0 Å². The van der Waals surface area contributed by atoms with E-state index in [1.165, 1.54) is 24.4 Å². The SMILES string of the molecule is COC(=O)c1cc(S(=O)(=O)N2CCC(C(C)N)CC2)c(C)o1. The molecule has 0 amide bonds. The lowest BCUT2D eigenvalue weighted by molar-refractivity contribution is 0.0563. The van der Waals surface area contributed by atoms with Crippen molar-refractivity contribution in [3.63, 3.8) is 0 Å². The van der Waals surface area contributed by atoms with Crippen molar-refractivity contribution in [2.45, 2.75) is 37.6 Å². The zero-order valence-electron chi connectivity index (χ0n) is 13.0. The summed E-state index contributed by atoms with van der Waals surface area (Å²) in [6.45, 7) is 4.31. The van der Waals surface area contributed by atoms with Crippen molar-refractivity contribution in [1.82, 2.24) is 4.31 Å². The van der Waals surface area contributed by atoms with Crippen molar-refractivity contribution in [1.29, 1.82) is 0 Å². The first kappa shape index (κ1) is 17.0. The van der Waals surface area contributed by atoms with Gasteiger partial charge in [-0.25, -0.2) is 13.2 Å². The quantitative estimate of drug-likeness (QED) is 0.830. The van der Waals surface area contributed by atoms with Crippen molar-refractivity contribution < 1.29 is 22.4 Å². The molecule has 1 aliphatic heterocycles. The first-order valence-electron chi connectivity index (χ1n) is 7.22. The molecule has 0 radical (unpaired) electrons. The number of aryl methyl sites for hydroxylation is 1. The number of piperidine rings is 1. The summed E-state index contributed by atoms with van der Waals surface area (Å²) < 4.78 is 36.6. The molecule has 0 aromatic carbocycles. The number of carbonyl (C=O) groups excluding carboxylic acids is 1. The van der Waals surface area contributed by atoms with Crippen molar-refractivity contribution in [3.8, 4) is 0 Å². The highest BCUT2D eigenvalue weighted by molar-refractivity contribution is 7.89. The van der Waals surface area contributed by atoms with Crippen LogP contribution in [0.2, 0.25) is 0 Å². The number of carbonyl (C=O) groups is 1. The minimum absolute atomic E-state index is 0.0205. The second kappa shape index (κ2) is 6.39. The van der Waals surface area contributed by atoms with Gasteiger partial charge in [0.25, 0.3) is 0 Å². The van der Waals surface area contributed by atoms with Gasteiger partial charge >= 0.3 is 5.97 Å². The molecule has 0 aliphatic carbocycles. The standard InChI is InChI=1S/C14H22N2O5S/c1-9(15)11-4-6-16(7-5-11)22(18,19)13-8-12(14(17)20-3)21-10(13)2/h8-9,11H,4-7,15H2,1-3H3. The highest BCUT2D eigenvalue weighted by Crippen LogP contribution is 2.28. The van der Waals surface area contributed by atoms with E-state index in [1.54, 1.807) is 0 Å². The smallest absolute Gasteiger partial charge is 0.373 e. The number of methoxy groups -OCH3 is 1. The summed E-state index contributed by atoms with van der Waals surface area (Å²) in [6.07, 6.45) is 1.47. The monoisotopic (exact) mass is 330 g/mol. The van der Waals surface area contributed by atoms with Gasteiger partial charge in [-0.05, 0) is 32.6 Å². The predicted molar refractivity (Wildman–Crippen MR) is 79.9 cm³/mol. The van der Waals surface area contributed by atoms with E-state index in [0.29, 0.717) is 19.0 Å². The number of nitrogens with zero attached hydrogens (tertiary/aromatic N) is 1. The molecule has 2 heterocycles. The molecule has 1 aromatic rings. The molecule has 1 atom stereocenters. The topological polar surface area (TPSA) is 103 Å². The van der Waals surface area contributed by atoms with Crippen LogP contribution in [0.3, 0.4) is 0 Å². The van der Waals surface area contributed by atoms with Crippen LogP contribution in [-0.4, -0.2) is 44.9 Å². The third-order valence-corrected chi connectivity index (χ3v) is 6.12. The lowest BCUT2D eigenvalue weighted by Gasteiger charge is -2.32. The van der Waals surface area contributed by atoms with Gasteiger partial charge in [-0.3, -0.25) is 0 Å². The van der Waals surface area contributed by atoms with E-state index in [4.69, 9.17) is 10.2 Å². The molecule has 1 saturated heterocycles. The molecular formula is C14H22N2O5S. The summed E-state index contributed by atoms with van der Waals surface area (Å²) in [5.74, 6) is -0.276. The first-order valence-corrected chi connectivity index (χ1v) is 8.66. The molecule has 2 rings (SSSR count). The van der Waals surface area contributed by atoms with Gasteiger partial charge in [0, 0.05) is 25.2 Å². The van der Waals surface area contributed by atoms with Crippen LogP contribution in [-0.2, 0) is 14.8 Å². The molecule has 2 N–H and O–H groups in total. The summed E-state index contributed by atoms with van der Waals surface area (Å²) in [5.41, 5.74) is 5.87. The maximum Gasteiger partial charge on any atom is 0.373 e. The van der Waals surface area contributed by atoms with Gasteiger partial charge in [-0.1, -0.05) is 0 Å². The van der Waals surface area contributed by atoms with Crippen LogP contribution in [0, 0.1) is 12.8 Å². The minimum Gasteiger partial charge on any atom is -0.463 e. The van der Waals surface area contributed by atoms with Crippen LogP contribution in [0.25, 0.3) is 0 Å². The summed E-state index contributed by atoms with van der Waals surface area (Å²) in [6, 6.07) is 1.29. The average Bonchev–Trinajstić information content (AvgIpc) is 2.89. The van der Waals surface area contributed by atoms with Crippen molar-refractivity contribution in [2.75, 3.05) is 20.2 Å². The van der Waals surface area contributed by atoms with Gasteiger partial charge in [0.15, 0.2) is 0 Å². The predicted octanol–water partition coefficient (Wildman–Crippen LogP) is 1.12. The molecule has 0 saturated carbocycles. The van der Waals surface area contributed by atoms with E-state index < -0.39 is 16.0 Å². The molecule has 22 heavy (non-hydrogen) atoms. The largest absolute Gasteiger partial charge is 0.463 e. The Morgan fingerprint density at radius 3 is 2.55 bits per heavy atom. The Balaban J connectivity index is 2.21. The van der Waals surface area contributed by atoms with Crippen molar-refractivity contribution >= 4 is 16.0 Å². The van der Waals surface area contributed by atoms with E-state index in [1.807, 2.05) is 6.92 Å². The van der Waals surface area contributed by atoms with Gasteiger partial charge in [0.05, 0.1) is 7.11 Å². The molecule has 1 unspecified atom stereocenters. The number of furan rings is 1. The highest BCUT2D eigenvalue weighted by Gasteiger charge is 2.33. The molecule has 1 aromatic heterocycles. The van der Waals surface area contributed by atoms with Crippen LogP contribution in [0.15, 0.2) is 15.4 Å². The van der Waals surface area contributed by atoms with Crippen LogP contribution >= 0.6 is 0 Å². The highest BCUT2D eigenvalue weighted by atomic mass is 32.2. The molecule has 1 aliphatic rings. The van der Waals surface area contributed by atoms with Gasteiger partial charge in [-0.2, -0.15) is 4.31 Å². The molecule has 124 valence electrons. The molecule has 1 fully saturated rings. The second-order valence-corrected chi connectivity index (χ2v) is 7.53. The van der Waals surface area contributed by atoms with Gasteiger partial charge in [0.1, 0.15) is 10.7 Å². The first-order chi connectivity index (χ1) is 10.3. The van der Waals surface area contributed by atoms with E-state index in [-0.39, 0.29) is 22.5 Å². The summed E-state index contributed by atoms with van der Waals surface area (Å²) >= 11 is 0. The van der Waals surface area contributed by atoms with E-state index in [9.17, 15) is 13.2 Å². The maximum atomic E-state index is 12.7. The number of nitrogens with two attached hydrogens (primary N) is 1. The second-order valence-electron chi connectivity index (χ2n) is 5.62. The number of hydrogen-bond donors (Lipinski definition) is 1. The Bertz CT molecular complexity index is 642. The number of hydrogen-bond acceptors (Lipinski definition) is 6. The molecule has 0 spiro atoms. The van der Waals surface area contributed by atoms with Crippen LogP contribution in [0.1, 0.15) is 36.1 Å². The zero-order chi connectivity index (χ0) is 16.5. The normalized spacial score (nSPS) is 19.1. The van der Waals surface area contributed by atoms with Gasteiger partial charge < -0.3 is 14.9 Å². The third-order valence-electron chi connectivity index (χ3n) is 4.12. The number of rotatable bonds is 4. The summed E-state index contributed by atoms with van der Waals surface area (Å²) in [4.78, 5) is 11.5. The molecule has 7 nitrogen and oxygen atoms in total. The fourth-order valence-corrected chi connectivity index (χ4v) is 4.33. The lowest BCUT2D eigenvalue weighted by atomic mass is 9.92. The number of sulfonamides is 1. The Labute approximate surface area is 130 Å². The Morgan fingerprint density at radius 1 is 1.45 bits per heavy atom. The molecule has 0 bridgehead atoms. The van der Waals surface area contributed by atoms with Crippen molar-refractivity contribution in [2.24, 2.45) is 11.7 Å². The fourth-order valence-electron chi connectivity index (χ4n) is 2.70. The minimum atomic E-state index is -3.67. The molecular weight excluding hydrogens is 308 g/mol. The van der Waals surface area contributed by atoms with Crippen LogP contribution < -0.4 is 5.73 Å². The molecule has 8 heteroatoms. The zero-order valence-corrected chi connectivity index (χ0v) is 13.9. The van der Waals surface area contributed by atoms with E-state index >= 15 is 0 Å². The van der Waals surface area contributed by atoms with E-state index in [0.717, 1.165) is 12.8 Å². The van der Waals surface area contributed by atoms with Gasteiger partial charge in [-0.15, -0.1) is 0 Å². The maximum absolute atomic E-state index is 12.7. The van der Waals surface area contributed by atoms with E-state index in [2.05, 4.69) is 4.74 Å². The van der Waals surface area contributed by atoms with Crippen molar-refractivity contribution in [3.05, 3.63) is 17.6 Å². The number of ether oxygens (including phenoxy) is 1. The van der Waals surface area contributed by atoms with Crippen LogP contribution in [0.5, 0.6) is 0 Å². The summed E-state index contributed by atoms with van der Waals surface area (Å²) in [7, 11) is -2.46. The number of esters is 1. The average molecular weight is 330 g/mol. The Hall–Kier alpha value is -1.38. The third kappa shape index (κ3) is 3.18. The fraction of sp³-hybridized carbons (Fsp3) is 0.643.